The molecule has 1 N–H and O–H groups in total. The van der Waals surface area contributed by atoms with Crippen molar-refractivity contribution in [2.45, 2.75) is 70.9 Å². The lowest BCUT2D eigenvalue weighted by molar-refractivity contribution is 0.266. The molecule has 3 aromatic rings. The monoisotopic (exact) mass is 520 g/mol. The van der Waals surface area contributed by atoms with Crippen molar-refractivity contribution < 1.29 is 19.0 Å². The molecule has 0 bridgehead atoms. The summed E-state index contributed by atoms with van der Waals surface area (Å²) in [6.45, 7) is 9.64. The third kappa shape index (κ3) is 6.46. The van der Waals surface area contributed by atoms with Crippen LogP contribution in [-0.2, 0) is 11.0 Å². The van der Waals surface area contributed by atoms with E-state index in [0.29, 0.717) is 13.0 Å². The molecule has 0 amide bonds. The lowest BCUT2D eigenvalue weighted by Gasteiger charge is -2.43. The van der Waals surface area contributed by atoms with Gasteiger partial charge in [-0.1, -0.05) is 101 Å². The van der Waals surface area contributed by atoms with Gasteiger partial charge in [0.05, 0.1) is 20.8 Å². The van der Waals surface area contributed by atoms with Crippen molar-refractivity contribution in [2.24, 2.45) is 0 Å². The predicted octanol–water partition coefficient (Wildman–Crippen LogP) is 6.44. The van der Waals surface area contributed by atoms with Crippen molar-refractivity contribution in [3.05, 3.63) is 83.9 Å². The summed E-state index contributed by atoms with van der Waals surface area (Å²) in [4.78, 5) is 0. The number of hydrogen-bond acceptors (Lipinski definition) is 4. The highest BCUT2D eigenvalue weighted by Crippen LogP contribution is 2.42. The summed E-state index contributed by atoms with van der Waals surface area (Å²) >= 11 is 0. The molecule has 0 fully saturated rings. The third-order valence-electron chi connectivity index (χ3n) is 7.27. The van der Waals surface area contributed by atoms with Crippen molar-refractivity contribution in [3.8, 4) is 11.5 Å². The fraction of sp³-hybridized carbons (Fsp3) is 0.438. The molecule has 200 valence electrons. The Bertz CT molecular complexity index is 1030. The Morgan fingerprint density at radius 3 is 1.73 bits per heavy atom. The molecule has 0 unspecified atom stereocenters. The van der Waals surface area contributed by atoms with E-state index < -0.39 is 8.32 Å². The molecule has 5 heteroatoms. The first-order chi connectivity index (χ1) is 17.8. The number of ether oxygens (including phenoxy) is 2. The largest absolute Gasteiger partial charge is 0.496 e. The van der Waals surface area contributed by atoms with Crippen molar-refractivity contribution in [2.75, 3.05) is 20.8 Å². The van der Waals surface area contributed by atoms with Crippen molar-refractivity contribution in [3.63, 3.8) is 0 Å². The van der Waals surface area contributed by atoms with Gasteiger partial charge in [-0.2, -0.15) is 0 Å². The van der Waals surface area contributed by atoms with E-state index in [1.54, 1.807) is 14.2 Å². The first kappa shape index (κ1) is 29.0. The predicted molar refractivity (Wildman–Crippen MR) is 156 cm³/mol. The van der Waals surface area contributed by atoms with Crippen LogP contribution < -0.4 is 19.8 Å². The number of aliphatic hydroxyl groups is 1. The van der Waals surface area contributed by atoms with Crippen LogP contribution in [0.3, 0.4) is 0 Å². The SMILES string of the molecule is CCCC[C@@H](CCO)c1c(OC)cc(CO[Si](c2ccccc2)(c2ccccc2)C(C)(C)C)cc1OC. The molecule has 4 nitrogen and oxygen atoms in total. The average molecular weight is 521 g/mol. The number of hydrogen-bond donors (Lipinski definition) is 1. The van der Waals surface area contributed by atoms with E-state index in [4.69, 9.17) is 13.9 Å². The van der Waals surface area contributed by atoms with E-state index in [2.05, 4.69) is 100 Å². The van der Waals surface area contributed by atoms with Crippen LogP contribution in [-0.4, -0.2) is 34.3 Å². The highest BCUT2D eigenvalue weighted by Gasteiger charge is 2.50. The number of benzene rings is 3. The maximum absolute atomic E-state index is 9.75. The average Bonchev–Trinajstić information content (AvgIpc) is 2.91. The maximum atomic E-state index is 9.75. The summed E-state index contributed by atoms with van der Waals surface area (Å²) in [6.07, 6.45) is 3.87. The molecule has 0 saturated heterocycles. The normalized spacial score (nSPS) is 12.8. The molecule has 0 aromatic heterocycles. The van der Waals surface area contributed by atoms with Crippen molar-refractivity contribution >= 4 is 18.7 Å². The van der Waals surface area contributed by atoms with Crippen molar-refractivity contribution in [1.82, 2.24) is 0 Å². The van der Waals surface area contributed by atoms with E-state index in [1.807, 2.05) is 0 Å². The lowest BCUT2D eigenvalue weighted by Crippen LogP contribution is -2.66. The summed E-state index contributed by atoms with van der Waals surface area (Å²) in [5, 5.41) is 12.2. The Morgan fingerprint density at radius 2 is 1.32 bits per heavy atom. The molecule has 0 spiro atoms. The fourth-order valence-corrected chi connectivity index (χ4v) is 10.0. The standard InChI is InChI=1S/C32H44O4Si/c1-7-8-15-26(20-21-33)31-29(34-5)22-25(23-30(31)35-6)24-36-37(32(2,3)4,27-16-11-9-12-17-27)28-18-13-10-14-19-28/h9-14,16-19,22-23,26,33H,7-8,15,20-21,24H2,1-6H3/t26-/m0/s1. The zero-order valence-corrected chi connectivity index (χ0v) is 24.4. The Kier molecular flexibility index (Phi) is 10.4. The van der Waals surface area contributed by atoms with Crippen LogP contribution in [0.25, 0.3) is 0 Å². The van der Waals surface area contributed by atoms with Gasteiger partial charge < -0.3 is 19.0 Å². The summed E-state index contributed by atoms with van der Waals surface area (Å²) in [5.41, 5.74) is 2.06. The Balaban J connectivity index is 2.07. The second kappa shape index (κ2) is 13.3. The van der Waals surface area contributed by atoms with Gasteiger partial charge in [-0.05, 0) is 51.9 Å². The van der Waals surface area contributed by atoms with Gasteiger partial charge in [-0.25, -0.2) is 0 Å². The summed E-state index contributed by atoms with van der Waals surface area (Å²) in [6, 6.07) is 25.6. The highest BCUT2D eigenvalue weighted by atomic mass is 28.4. The van der Waals surface area contributed by atoms with E-state index in [9.17, 15) is 5.11 Å². The number of methoxy groups -OCH3 is 2. The minimum atomic E-state index is -2.67. The fourth-order valence-electron chi connectivity index (χ4n) is 5.47. The molecule has 3 aromatic carbocycles. The second-order valence-electron chi connectivity index (χ2n) is 10.7. The Hall–Kier alpha value is -2.60. The number of aliphatic hydroxyl groups excluding tert-OH is 1. The highest BCUT2D eigenvalue weighted by molar-refractivity contribution is 6.99. The van der Waals surface area contributed by atoms with E-state index in [0.717, 1.165) is 41.9 Å². The zero-order chi connectivity index (χ0) is 26.9. The van der Waals surface area contributed by atoms with Crippen LogP contribution in [0.5, 0.6) is 11.5 Å². The molecule has 0 aliphatic heterocycles. The second-order valence-corrected chi connectivity index (χ2v) is 15.0. The zero-order valence-electron chi connectivity index (χ0n) is 23.4. The van der Waals surface area contributed by atoms with Crippen LogP contribution in [0.1, 0.15) is 70.4 Å². The van der Waals surface area contributed by atoms with Crippen LogP contribution >= 0.6 is 0 Å². The van der Waals surface area contributed by atoms with E-state index >= 15 is 0 Å². The lowest BCUT2D eigenvalue weighted by atomic mass is 9.88. The summed E-state index contributed by atoms with van der Waals surface area (Å²) in [7, 11) is 0.751. The van der Waals surface area contributed by atoms with Gasteiger partial charge in [-0.3, -0.25) is 0 Å². The molecular weight excluding hydrogens is 476 g/mol. The van der Waals surface area contributed by atoms with Crippen LogP contribution in [0.4, 0.5) is 0 Å². The number of rotatable bonds is 13. The van der Waals surface area contributed by atoms with Gasteiger partial charge in [0.1, 0.15) is 11.5 Å². The molecule has 0 radical (unpaired) electrons. The molecular formula is C32H44O4Si. The Labute approximate surface area is 224 Å². The smallest absolute Gasteiger partial charge is 0.261 e. The quantitative estimate of drug-likeness (QED) is 0.264. The molecule has 3 rings (SSSR count). The summed E-state index contributed by atoms with van der Waals surface area (Å²) in [5.74, 6) is 1.78. The molecule has 0 aliphatic rings. The van der Waals surface area contributed by atoms with Gasteiger partial charge in [0.15, 0.2) is 0 Å². The van der Waals surface area contributed by atoms with Gasteiger partial charge >= 0.3 is 0 Å². The van der Waals surface area contributed by atoms with Crippen LogP contribution in [0, 0.1) is 0 Å². The van der Waals surface area contributed by atoms with Gasteiger partial charge in [0, 0.05) is 12.2 Å². The molecule has 0 heterocycles. The van der Waals surface area contributed by atoms with Gasteiger partial charge in [0.2, 0.25) is 0 Å². The number of unbranched alkanes of at least 4 members (excludes halogenated alkanes) is 1. The first-order valence-corrected chi connectivity index (χ1v) is 15.3. The van der Waals surface area contributed by atoms with Gasteiger partial charge in [0.25, 0.3) is 8.32 Å². The third-order valence-corrected chi connectivity index (χ3v) is 12.3. The maximum Gasteiger partial charge on any atom is 0.261 e. The topological polar surface area (TPSA) is 47.9 Å². The summed E-state index contributed by atoms with van der Waals surface area (Å²) < 4.78 is 18.9. The molecule has 0 saturated carbocycles. The first-order valence-electron chi connectivity index (χ1n) is 13.4. The van der Waals surface area contributed by atoms with Crippen LogP contribution in [0.2, 0.25) is 5.04 Å². The minimum Gasteiger partial charge on any atom is -0.496 e. The Morgan fingerprint density at radius 1 is 0.811 bits per heavy atom. The molecule has 1 atom stereocenters. The van der Waals surface area contributed by atoms with Crippen LogP contribution in [0.15, 0.2) is 72.8 Å². The molecule has 0 aliphatic carbocycles. The van der Waals surface area contributed by atoms with Crippen molar-refractivity contribution in [1.29, 1.82) is 0 Å². The van der Waals surface area contributed by atoms with E-state index in [1.165, 1.54) is 10.4 Å². The molecule has 37 heavy (non-hydrogen) atoms. The van der Waals surface area contributed by atoms with E-state index in [-0.39, 0.29) is 17.6 Å². The van der Waals surface area contributed by atoms with Gasteiger partial charge in [-0.15, -0.1) is 0 Å². The minimum absolute atomic E-state index is 0.101.